The summed E-state index contributed by atoms with van der Waals surface area (Å²) in [6, 6.07) is 7.97. The predicted octanol–water partition coefficient (Wildman–Crippen LogP) is 4.33. The van der Waals surface area contributed by atoms with E-state index in [1.165, 1.54) is 12.5 Å². The first-order valence-electron chi connectivity index (χ1n) is 7.36. The summed E-state index contributed by atoms with van der Waals surface area (Å²) in [4.78, 5) is 11.8. The van der Waals surface area contributed by atoms with Crippen molar-refractivity contribution in [3.8, 4) is 6.07 Å². The first kappa shape index (κ1) is 13.7. The van der Waals surface area contributed by atoms with Crippen molar-refractivity contribution in [2.24, 2.45) is 0 Å². The molecule has 1 saturated carbocycles. The molecule has 0 aromatic heterocycles. The molecular weight excluding hydrogens is 264 g/mol. The number of fused-ring (bicyclic) bond motifs is 2. The number of benzene rings is 1. The lowest BCUT2D eigenvalue weighted by molar-refractivity contribution is -0.0179. The van der Waals surface area contributed by atoms with E-state index in [4.69, 9.17) is 10.00 Å². The van der Waals surface area contributed by atoms with Crippen molar-refractivity contribution in [2.75, 3.05) is 5.32 Å². The molecule has 1 amide bonds. The quantitative estimate of drug-likeness (QED) is 0.779. The number of carbonyl (C=O) groups excluding carboxylic acids is 1. The standard InChI is InChI=1S/C17H18N2O2/c1-12(7-10-18)13-5-6-15-14(11-13)17(21-16(20)19-15)8-3-2-4-9-17/h5-7,11H,2-4,8-9H2,1H3,(H,19,20)/b12-7+. The van der Waals surface area contributed by atoms with Gasteiger partial charge >= 0.3 is 6.09 Å². The maximum Gasteiger partial charge on any atom is 0.412 e. The van der Waals surface area contributed by atoms with Gasteiger partial charge in [-0.15, -0.1) is 0 Å². The van der Waals surface area contributed by atoms with E-state index in [9.17, 15) is 4.79 Å². The number of amides is 1. The Balaban J connectivity index is 2.09. The zero-order valence-corrected chi connectivity index (χ0v) is 12.1. The second kappa shape index (κ2) is 5.25. The van der Waals surface area contributed by atoms with Gasteiger partial charge in [0.2, 0.25) is 0 Å². The number of nitrogens with zero attached hydrogens (tertiary/aromatic N) is 1. The largest absolute Gasteiger partial charge is 0.438 e. The monoisotopic (exact) mass is 282 g/mol. The number of hydrogen-bond acceptors (Lipinski definition) is 3. The molecule has 3 rings (SSSR count). The Bertz CT molecular complexity index is 649. The molecule has 1 spiro atoms. The SMILES string of the molecule is C/C(=C\C#N)c1ccc2c(c1)C1(CCCCC1)OC(=O)N2. The van der Waals surface area contributed by atoms with Gasteiger partial charge in [0.25, 0.3) is 0 Å². The fourth-order valence-corrected chi connectivity index (χ4v) is 3.32. The zero-order valence-electron chi connectivity index (χ0n) is 12.1. The van der Waals surface area contributed by atoms with Crippen molar-refractivity contribution >= 4 is 17.4 Å². The molecule has 1 aliphatic carbocycles. The van der Waals surface area contributed by atoms with E-state index in [1.807, 2.05) is 19.1 Å². The van der Waals surface area contributed by atoms with Crippen LogP contribution >= 0.6 is 0 Å². The van der Waals surface area contributed by atoms with Gasteiger partial charge in [0, 0.05) is 11.6 Å². The fraction of sp³-hybridized carbons (Fsp3) is 0.412. The molecule has 108 valence electrons. The van der Waals surface area contributed by atoms with Crippen molar-refractivity contribution < 1.29 is 9.53 Å². The number of nitriles is 1. The van der Waals surface area contributed by atoms with Crippen LogP contribution in [0.15, 0.2) is 24.3 Å². The number of rotatable bonds is 1. The Morgan fingerprint density at radius 1 is 1.38 bits per heavy atom. The van der Waals surface area contributed by atoms with Crippen LogP contribution in [0, 0.1) is 11.3 Å². The number of allylic oxidation sites excluding steroid dienone is 2. The highest BCUT2D eigenvalue weighted by atomic mass is 16.6. The topological polar surface area (TPSA) is 62.1 Å². The minimum atomic E-state index is -0.487. The molecule has 1 aromatic carbocycles. The predicted molar refractivity (Wildman–Crippen MR) is 80.6 cm³/mol. The second-order valence-corrected chi connectivity index (χ2v) is 5.79. The van der Waals surface area contributed by atoms with Gasteiger partial charge in [-0.1, -0.05) is 12.5 Å². The van der Waals surface area contributed by atoms with Crippen LogP contribution in [-0.4, -0.2) is 6.09 Å². The Morgan fingerprint density at radius 3 is 2.86 bits per heavy atom. The van der Waals surface area contributed by atoms with Crippen molar-refractivity contribution in [1.29, 1.82) is 5.26 Å². The lowest BCUT2D eigenvalue weighted by atomic mass is 9.77. The molecule has 0 bridgehead atoms. The van der Waals surface area contributed by atoms with Gasteiger partial charge in [-0.05, 0) is 55.9 Å². The van der Waals surface area contributed by atoms with Crippen molar-refractivity contribution in [2.45, 2.75) is 44.6 Å². The second-order valence-electron chi connectivity index (χ2n) is 5.79. The van der Waals surface area contributed by atoms with E-state index in [2.05, 4.69) is 17.5 Å². The molecule has 21 heavy (non-hydrogen) atoms. The lowest BCUT2D eigenvalue weighted by Gasteiger charge is -2.41. The van der Waals surface area contributed by atoms with Crippen LogP contribution in [0.3, 0.4) is 0 Å². The number of carbonyl (C=O) groups is 1. The van der Waals surface area contributed by atoms with Crippen LogP contribution in [0.1, 0.15) is 50.2 Å². The summed E-state index contributed by atoms with van der Waals surface area (Å²) in [7, 11) is 0. The van der Waals surface area contributed by atoms with Crippen LogP contribution in [-0.2, 0) is 10.3 Å². The zero-order chi connectivity index (χ0) is 14.9. The van der Waals surface area contributed by atoms with Crippen molar-refractivity contribution in [3.05, 3.63) is 35.4 Å². The summed E-state index contributed by atoms with van der Waals surface area (Å²) in [5.74, 6) is 0. The minimum absolute atomic E-state index is 0.360. The normalized spacial score (nSPS) is 20.2. The van der Waals surface area contributed by atoms with Crippen molar-refractivity contribution in [3.63, 3.8) is 0 Å². The third kappa shape index (κ3) is 2.40. The van der Waals surface area contributed by atoms with E-state index in [0.717, 1.165) is 48.1 Å². The summed E-state index contributed by atoms with van der Waals surface area (Å²) in [6.07, 6.45) is 6.26. The summed E-state index contributed by atoms with van der Waals surface area (Å²) in [5.41, 5.74) is 3.31. The van der Waals surface area contributed by atoms with Gasteiger partial charge < -0.3 is 4.74 Å². The van der Waals surface area contributed by atoms with Crippen LogP contribution in [0.5, 0.6) is 0 Å². The smallest absolute Gasteiger partial charge is 0.412 e. The summed E-state index contributed by atoms with van der Waals surface area (Å²) >= 11 is 0. The summed E-state index contributed by atoms with van der Waals surface area (Å²) in [6.45, 7) is 1.92. The Hall–Kier alpha value is -2.28. The van der Waals surface area contributed by atoms with Crippen LogP contribution in [0.4, 0.5) is 10.5 Å². The Morgan fingerprint density at radius 2 is 2.14 bits per heavy atom. The van der Waals surface area contributed by atoms with Crippen molar-refractivity contribution in [1.82, 2.24) is 0 Å². The van der Waals surface area contributed by atoms with E-state index in [0.29, 0.717) is 0 Å². The molecular formula is C17H18N2O2. The Kier molecular flexibility index (Phi) is 3.42. The van der Waals surface area contributed by atoms with Gasteiger partial charge in [0.05, 0.1) is 11.8 Å². The molecule has 0 unspecified atom stereocenters. The Labute approximate surface area is 124 Å². The van der Waals surface area contributed by atoms with Crippen LogP contribution < -0.4 is 5.32 Å². The fourth-order valence-electron chi connectivity index (χ4n) is 3.32. The van der Waals surface area contributed by atoms with Gasteiger partial charge in [-0.3, -0.25) is 5.32 Å². The molecule has 1 aromatic rings. The van der Waals surface area contributed by atoms with E-state index >= 15 is 0 Å². The average Bonchev–Trinajstić information content (AvgIpc) is 2.48. The maximum absolute atomic E-state index is 11.8. The number of nitrogens with one attached hydrogen (secondary N) is 1. The highest BCUT2D eigenvalue weighted by Crippen LogP contribution is 2.46. The lowest BCUT2D eigenvalue weighted by Crippen LogP contribution is -2.41. The third-order valence-corrected chi connectivity index (χ3v) is 4.43. The molecule has 4 nitrogen and oxygen atoms in total. The summed E-state index contributed by atoms with van der Waals surface area (Å²) < 4.78 is 5.70. The first-order valence-corrected chi connectivity index (χ1v) is 7.36. The first-order chi connectivity index (χ1) is 10.1. The molecule has 0 atom stereocenters. The van der Waals surface area contributed by atoms with Gasteiger partial charge in [-0.2, -0.15) is 5.26 Å². The number of hydrogen-bond donors (Lipinski definition) is 1. The summed E-state index contributed by atoms with van der Waals surface area (Å²) in [5, 5.41) is 11.6. The van der Waals surface area contributed by atoms with Gasteiger partial charge in [0.15, 0.2) is 0 Å². The van der Waals surface area contributed by atoms with Gasteiger partial charge in [0.1, 0.15) is 5.60 Å². The molecule has 1 N–H and O–H groups in total. The molecule has 0 radical (unpaired) electrons. The maximum atomic E-state index is 11.8. The third-order valence-electron chi connectivity index (χ3n) is 4.43. The molecule has 0 saturated heterocycles. The van der Waals surface area contributed by atoms with Crippen LogP contribution in [0.25, 0.3) is 5.57 Å². The number of ether oxygens (including phenoxy) is 1. The van der Waals surface area contributed by atoms with E-state index < -0.39 is 5.60 Å². The molecule has 2 aliphatic rings. The highest BCUT2D eigenvalue weighted by molar-refractivity contribution is 5.89. The molecule has 1 heterocycles. The molecule has 1 fully saturated rings. The van der Waals surface area contributed by atoms with E-state index in [-0.39, 0.29) is 6.09 Å². The number of anilines is 1. The molecule has 1 aliphatic heterocycles. The average molecular weight is 282 g/mol. The van der Waals surface area contributed by atoms with Crippen LogP contribution in [0.2, 0.25) is 0 Å². The highest BCUT2D eigenvalue weighted by Gasteiger charge is 2.42. The minimum Gasteiger partial charge on any atom is -0.438 e. The van der Waals surface area contributed by atoms with Gasteiger partial charge in [-0.25, -0.2) is 4.79 Å². The van der Waals surface area contributed by atoms with E-state index in [1.54, 1.807) is 0 Å². The molecule has 4 heteroatoms.